The lowest BCUT2D eigenvalue weighted by molar-refractivity contribution is -0.145. The van der Waals surface area contributed by atoms with Gasteiger partial charge in [0.05, 0.1) is 58.5 Å². The number of aliphatic hydroxyl groups is 3. The molecule has 0 spiro atoms. The number of hydrogen-bond acceptors (Lipinski definition) is 26. The predicted octanol–water partition coefficient (Wildman–Crippen LogP) is -7.50. The number of para-hydroxylation sites is 3. The van der Waals surface area contributed by atoms with E-state index in [4.69, 9.17) is 10.9 Å². The molecule has 2 fully saturated rings. The number of nitrogens with one attached hydrogen (secondary N) is 20. The van der Waals surface area contributed by atoms with E-state index in [9.17, 15) is 131 Å². The molecule has 6 aromatic rings. The Balaban J connectivity index is 0.870. The number of amides is 20. The van der Waals surface area contributed by atoms with Crippen LogP contribution in [0, 0.1) is 17.8 Å². The summed E-state index contributed by atoms with van der Waals surface area (Å²) in [5, 5.41) is 98.0. The SMILES string of the molecule is CC(C)CC(CC(=O)NO)C(=O)N[C@H](C(=O)N[C@@H](CCC(N)=O)C(=O)N[C@@H](C)C(=O)NCC(=O)NCC(=O)N[C@@H](Cc1c[nH]c2ccccc12)C(=O)NCC(=O)N1CCC[C@H]1C(=O)N[C@@H](Cc1c[nH]c2ccccc12)C(=O)NCC(=O)N1CCC[C@H]1C(=O)N[C@@H](Cc1c[nH]c2ccccc12)C(=O)NCC(=O)N[C@@H](CC(=O)O)C(=O)N[C@@H](CO)C(=O)N[C@@H](CO)C(=O)N[C@@H](C)C(=O)N[C@H](C(=O)O)[C@@H](C)O)C(C)C. The van der Waals surface area contributed by atoms with Gasteiger partial charge in [-0.25, -0.2) is 10.3 Å². The summed E-state index contributed by atoms with van der Waals surface area (Å²) in [6.45, 7) is 3.82. The third kappa shape index (κ3) is 32.8. The lowest BCUT2D eigenvalue weighted by atomic mass is 9.92. The summed E-state index contributed by atoms with van der Waals surface area (Å²) < 4.78 is 0. The second-order valence-corrected chi connectivity index (χ2v) is 35.2. The fourth-order valence-corrected chi connectivity index (χ4v) is 16.0. The van der Waals surface area contributed by atoms with Crippen LogP contribution in [0.3, 0.4) is 0 Å². The Hall–Kier alpha value is -15.5. The van der Waals surface area contributed by atoms with Crippen molar-refractivity contribution in [1.29, 1.82) is 0 Å². The number of H-pyrrole nitrogens is 3. The highest BCUT2D eigenvalue weighted by Gasteiger charge is 2.42. The molecule has 0 radical (unpaired) electrons. The van der Waals surface area contributed by atoms with Crippen LogP contribution in [0.4, 0.5) is 0 Å². The first kappa shape index (κ1) is 112. The molecule has 5 heterocycles. The van der Waals surface area contributed by atoms with Gasteiger partial charge in [0, 0.05) is 102 Å². The van der Waals surface area contributed by atoms with Gasteiger partial charge in [-0.15, -0.1) is 0 Å². The van der Waals surface area contributed by atoms with Crippen LogP contribution in [0.1, 0.15) is 123 Å². The molecule has 8 rings (SSSR count). The minimum absolute atomic E-state index is 0.00473. The Morgan fingerprint density at radius 2 is 0.789 bits per heavy atom. The molecule has 2 aliphatic heterocycles. The van der Waals surface area contributed by atoms with E-state index < -0.39 is 292 Å². The van der Waals surface area contributed by atoms with Crippen LogP contribution in [0.15, 0.2) is 91.4 Å². The summed E-state index contributed by atoms with van der Waals surface area (Å²) in [4.78, 5) is 308. The maximum atomic E-state index is 14.7. The molecule has 770 valence electrons. The average Bonchev–Trinajstić information content (AvgIpc) is 1.63. The number of benzene rings is 3. The zero-order chi connectivity index (χ0) is 104. The number of hydroxylamine groups is 1. The molecular weight excluding hydrogens is 1860 g/mol. The average molecular weight is 1990 g/mol. The molecule has 0 bridgehead atoms. The Morgan fingerprint density at radius 1 is 0.401 bits per heavy atom. The first-order valence-corrected chi connectivity index (χ1v) is 45.9. The van der Waals surface area contributed by atoms with Crippen molar-refractivity contribution >= 4 is 163 Å². The molecule has 0 saturated carbocycles. The number of aromatic nitrogens is 3. The van der Waals surface area contributed by atoms with Crippen LogP contribution in [0.25, 0.3) is 32.7 Å². The van der Waals surface area contributed by atoms with Crippen LogP contribution in [-0.4, -0.2) is 329 Å². The quantitative estimate of drug-likeness (QED) is 0.0125. The number of primary amides is 1. The van der Waals surface area contributed by atoms with Gasteiger partial charge in [-0.3, -0.25) is 106 Å². The molecule has 3 aromatic heterocycles. The van der Waals surface area contributed by atoms with Crippen molar-refractivity contribution in [3.05, 3.63) is 108 Å². The van der Waals surface area contributed by atoms with Gasteiger partial charge in [0.2, 0.25) is 118 Å². The van der Waals surface area contributed by atoms with E-state index >= 15 is 0 Å². The maximum Gasteiger partial charge on any atom is 0.328 e. The van der Waals surface area contributed by atoms with E-state index in [1.54, 1.807) is 119 Å². The fourth-order valence-electron chi connectivity index (χ4n) is 16.0. The molecule has 2 saturated heterocycles. The Labute approximate surface area is 811 Å². The number of aliphatic hydroxyl groups excluding tert-OH is 3. The summed E-state index contributed by atoms with van der Waals surface area (Å²) in [7, 11) is 0. The topological polar surface area (TPSA) is 781 Å². The molecule has 1 unspecified atom stereocenters. The van der Waals surface area contributed by atoms with Crippen molar-refractivity contribution in [3.63, 3.8) is 0 Å². The van der Waals surface area contributed by atoms with Crippen LogP contribution in [0.2, 0.25) is 0 Å². The number of aliphatic carboxylic acids is 2. The van der Waals surface area contributed by atoms with Crippen molar-refractivity contribution in [3.8, 4) is 0 Å². The van der Waals surface area contributed by atoms with Crippen LogP contribution < -0.4 is 96.3 Å². The number of carboxylic acids is 2. The van der Waals surface area contributed by atoms with Crippen molar-refractivity contribution in [1.82, 2.24) is 115 Å². The van der Waals surface area contributed by atoms with E-state index in [-0.39, 0.29) is 76.8 Å². The largest absolute Gasteiger partial charge is 0.481 e. The van der Waals surface area contributed by atoms with Gasteiger partial charge in [0.1, 0.15) is 72.5 Å². The van der Waals surface area contributed by atoms with Gasteiger partial charge >= 0.3 is 11.9 Å². The van der Waals surface area contributed by atoms with Crippen molar-refractivity contribution in [2.45, 2.75) is 210 Å². The van der Waals surface area contributed by atoms with Gasteiger partial charge in [0.15, 0.2) is 6.04 Å². The molecule has 142 heavy (non-hydrogen) atoms. The number of likely N-dealkylation sites (tertiary alicyclic amines) is 2. The van der Waals surface area contributed by atoms with Gasteiger partial charge in [0.25, 0.3) is 0 Å². The predicted molar refractivity (Wildman–Crippen MR) is 500 cm³/mol. The highest BCUT2D eigenvalue weighted by atomic mass is 16.5. The number of hydrogen-bond donors (Lipinski definition) is 27. The van der Waals surface area contributed by atoms with Crippen LogP contribution in [0.5, 0.6) is 0 Å². The molecule has 20 amide bonds. The Kier molecular flexibility index (Phi) is 42.2. The Morgan fingerprint density at radius 3 is 1.21 bits per heavy atom. The lowest BCUT2D eigenvalue weighted by Crippen LogP contribution is -2.60. The fraction of sp³-hybridized carbons (Fsp3) is 0.495. The molecule has 51 nitrogen and oxygen atoms in total. The third-order valence-corrected chi connectivity index (χ3v) is 23.5. The number of aromatic amines is 3. The lowest BCUT2D eigenvalue weighted by Gasteiger charge is -2.28. The number of nitrogens with two attached hydrogens (primary N) is 1. The summed E-state index contributed by atoms with van der Waals surface area (Å²) in [5.74, 6) is -24.1. The zero-order valence-electron chi connectivity index (χ0n) is 79.0. The summed E-state index contributed by atoms with van der Waals surface area (Å²) in [6.07, 6.45) is 1.13. The van der Waals surface area contributed by atoms with Crippen LogP contribution in [-0.2, 0) is 125 Å². The molecule has 0 aliphatic carbocycles. The molecule has 28 N–H and O–H groups in total. The molecule has 3 aromatic carbocycles. The third-order valence-electron chi connectivity index (χ3n) is 23.5. The monoisotopic (exact) mass is 1990 g/mol. The van der Waals surface area contributed by atoms with E-state index in [1.165, 1.54) is 22.2 Å². The molecule has 15 atom stereocenters. The second-order valence-electron chi connectivity index (χ2n) is 35.2. The van der Waals surface area contributed by atoms with Crippen molar-refractivity contribution < 1.29 is 136 Å². The molecular formula is C91H123N23O28. The van der Waals surface area contributed by atoms with Crippen LogP contribution >= 0.6 is 0 Å². The minimum atomic E-state index is -2.04. The summed E-state index contributed by atoms with van der Waals surface area (Å²) in [6, 6.07) is 0.597. The highest BCUT2D eigenvalue weighted by molar-refractivity contribution is 6.03. The van der Waals surface area contributed by atoms with Gasteiger partial charge < -0.3 is 141 Å². The number of carbonyl (C=O) groups excluding carboxylic acids is 20. The standard InChI is InChI=1S/C91H123N23O28/c1-44(2)28-49(32-69(119)112-142)80(129)110-76(45(3)4)90(139)105-59(24-25-68(92)118)84(133)101-46(5)78(127)97-37-70(120)96-38-71(121)103-60(29-50-34-93-56-19-11-8-16-53(50)56)81(130)99-40-73(123)113-26-15-23-67(113)89(138)107-62(31-52-36-95-58-21-13-10-18-55(52)58)83(132)100-41-74(124)114-27-14-22-66(114)88(137)106-61(30-51-35-94-57-20-12-9-17-54(51)57)82(131)98-39-72(122)104-63(33-75(125)126)85(134)108-65(43-116)87(136)109-64(42-115)86(135)102-47(6)79(128)111-77(48(7)117)91(140)141/h8-13,16-21,34-36,44-49,59-67,76-77,93-95,115-117,142H,14-15,22-33,37-43H2,1-7H3,(H2,92,118)(H,96,120)(H,97,127)(H,98,131)(H,99,130)(H,100,132)(H,101,133)(H,102,135)(H,103,121)(H,104,122)(H,105,139)(H,106,137)(H,107,138)(H,108,134)(H,109,136)(H,110,129)(H,111,128)(H,112,119)(H,125,126)(H,140,141)/t46-,47-,48+,49?,59-,60-,61-,62-,63-,64-,65-,66-,67-,76-,77-/m0/s1. The number of rotatable bonds is 54. The number of carbonyl (C=O) groups is 22. The molecule has 2 aliphatic rings. The Bertz CT molecular complexity index is 5620. The maximum absolute atomic E-state index is 14.7. The summed E-state index contributed by atoms with van der Waals surface area (Å²) in [5.41, 5.74) is 10.4. The number of nitrogens with zero attached hydrogens (tertiary/aromatic N) is 2. The van der Waals surface area contributed by atoms with Crippen molar-refractivity contribution in [2.24, 2.45) is 23.5 Å². The van der Waals surface area contributed by atoms with E-state index in [0.29, 0.717) is 49.4 Å². The van der Waals surface area contributed by atoms with Crippen molar-refractivity contribution in [2.75, 3.05) is 59.0 Å². The normalized spacial score (nSPS) is 16.1. The van der Waals surface area contributed by atoms with E-state index in [2.05, 4.69) is 84.1 Å². The van der Waals surface area contributed by atoms with Gasteiger partial charge in [-0.2, -0.15) is 0 Å². The minimum Gasteiger partial charge on any atom is -0.481 e. The van der Waals surface area contributed by atoms with E-state index in [0.717, 1.165) is 13.8 Å². The zero-order valence-corrected chi connectivity index (χ0v) is 79.0. The first-order chi connectivity index (χ1) is 67.4. The highest BCUT2D eigenvalue weighted by Crippen LogP contribution is 2.26. The second kappa shape index (κ2) is 53.6. The summed E-state index contributed by atoms with van der Waals surface area (Å²) >= 11 is 0. The van der Waals surface area contributed by atoms with Gasteiger partial charge in [-0.1, -0.05) is 82.3 Å². The van der Waals surface area contributed by atoms with E-state index in [1.807, 2.05) is 16.0 Å². The first-order valence-electron chi connectivity index (χ1n) is 45.9. The number of fused-ring (bicyclic) bond motifs is 3. The number of carboxylic acid groups (broad SMARTS) is 2. The smallest absolute Gasteiger partial charge is 0.328 e. The molecule has 51 heteroatoms. The van der Waals surface area contributed by atoms with Gasteiger partial charge in [-0.05, 0) is 106 Å².